The van der Waals surface area contributed by atoms with Crippen molar-refractivity contribution in [2.24, 2.45) is 5.73 Å². The van der Waals surface area contributed by atoms with Crippen LogP contribution in [0.2, 0.25) is 10.0 Å². The Labute approximate surface area is 143 Å². The van der Waals surface area contributed by atoms with E-state index in [1.165, 1.54) is 19.1 Å². The van der Waals surface area contributed by atoms with Gasteiger partial charge in [-0.1, -0.05) is 41.4 Å². The van der Waals surface area contributed by atoms with Crippen LogP contribution in [0.25, 0.3) is 0 Å². The van der Waals surface area contributed by atoms with Crippen LogP contribution in [0.5, 0.6) is 0 Å². The number of carboxylic acids is 1. The third-order valence-electron chi connectivity index (χ3n) is 3.38. The molecule has 2 aromatic carbocycles. The van der Waals surface area contributed by atoms with E-state index in [9.17, 15) is 9.59 Å². The minimum absolute atomic E-state index is 0.175. The van der Waals surface area contributed by atoms with E-state index >= 15 is 0 Å². The number of hydrogen-bond acceptors (Lipinski definition) is 3. The zero-order chi connectivity index (χ0) is 17.2. The normalized spacial score (nSPS) is 13.2. The molecule has 7 heteroatoms. The van der Waals surface area contributed by atoms with Gasteiger partial charge in [-0.2, -0.15) is 0 Å². The third-order valence-corrected chi connectivity index (χ3v) is 4.01. The van der Waals surface area contributed by atoms with Crippen molar-refractivity contribution in [1.29, 1.82) is 0 Å². The number of benzene rings is 2. The van der Waals surface area contributed by atoms with Crippen LogP contribution >= 0.6 is 23.2 Å². The second-order valence-corrected chi connectivity index (χ2v) is 5.95. The molecule has 2 rings (SSSR count). The lowest BCUT2D eigenvalue weighted by molar-refractivity contribution is -0.143. The van der Waals surface area contributed by atoms with Gasteiger partial charge in [0, 0.05) is 5.69 Å². The highest BCUT2D eigenvalue weighted by atomic mass is 35.5. The minimum atomic E-state index is -1.51. The molecule has 0 spiro atoms. The van der Waals surface area contributed by atoms with Crippen molar-refractivity contribution in [2.75, 3.05) is 5.32 Å². The summed E-state index contributed by atoms with van der Waals surface area (Å²) in [5.41, 5.74) is 5.29. The average molecular weight is 353 g/mol. The zero-order valence-corrected chi connectivity index (χ0v) is 13.7. The molecule has 23 heavy (non-hydrogen) atoms. The van der Waals surface area contributed by atoms with E-state index in [0.717, 1.165) is 0 Å². The van der Waals surface area contributed by atoms with Gasteiger partial charge in [0.05, 0.1) is 15.6 Å². The molecule has 2 aromatic rings. The van der Waals surface area contributed by atoms with Crippen LogP contribution in [0.4, 0.5) is 5.69 Å². The Kier molecular flexibility index (Phi) is 4.94. The average Bonchev–Trinajstić information content (AvgIpc) is 2.47. The first-order valence-corrected chi connectivity index (χ1v) is 7.37. The first-order chi connectivity index (χ1) is 10.7. The number of nitrogens with two attached hydrogens (primary N) is 1. The van der Waals surface area contributed by atoms with Crippen LogP contribution in [-0.2, 0) is 10.3 Å². The fourth-order valence-electron chi connectivity index (χ4n) is 1.93. The van der Waals surface area contributed by atoms with E-state index in [1.807, 2.05) is 0 Å². The SMILES string of the molecule is C[C@@](N)(C(=O)O)c1ccc(NC(=O)c2c(Cl)cccc2Cl)cc1. The van der Waals surface area contributed by atoms with Crippen LogP contribution < -0.4 is 11.1 Å². The monoisotopic (exact) mass is 352 g/mol. The lowest BCUT2D eigenvalue weighted by Gasteiger charge is -2.20. The standard InChI is InChI=1S/C16H14Cl2N2O3/c1-16(19,15(22)23)9-5-7-10(8-6-9)20-14(21)13-11(17)3-2-4-12(13)18/h2-8H,19H2,1H3,(H,20,21)(H,22,23)/t16-/m0/s1. The van der Waals surface area contributed by atoms with E-state index in [1.54, 1.807) is 30.3 Å². The van der Waals surface area contributed by atoms with Gasteiger partial charge in [-0.05, 0) is 36.8 Å². The molecule has 4 N–H and O–H groups in total. The van der Waals surface area contributed by atoms with Gasteiger partial charge in [0.15, 0.2) is 0 Å². The van der Waals surface area contributed by atoms with Gasteiger partial charge >= 0.3 is 5.97 Å². The number of anilines is 1. The third kappa shape index (κ3) is 3.64. The van der Waals surface area contributed by atoms with E-state index in [4.69, 9.17) is 34.0 Å². The number of carboxylic acid groups (broad SMARTS) is 1. The molecule has 0 fully saturated rings. The first-order valence-electron chi connectivity index (χ1n) is 6.61. The molecule has 0 aliphatic carbocycles. The number of nitrogens with one attached hydrogen (secondary N) is 1. The second-order valence-electron chi connectivity index (χ2n) is 5.14. The summed E-state index contributed by atoms with van der Waals surface area (Å²) < 4.78 is 0. The Morgan fingerprint density at radius 2 is 1.61 bits per heavy atom. The molecule has 1 atom stereocenters. The van der Waals surface area contributed by atoms with Crippen LogP contribution in [0, 0.1) is 0 Å². The largest absolute Gasteiger partial charge is 0.480 e. The van der Waals surface area contributed by atoms with Gasteiger partial charge in [0.2, 0.25) is 0 Å². The molecule has 0 aliphatic heterocycles. The highest BCUT2D eigenvalue weighted by Crippen LogP contribution is 2.26. The molecule has 0 saturated heterocycles. The summed E-state index contributed by atoms with van der Waals surface area (Å²) in [5.74, 6) is -1.60. The number of carbonyl (C=O) groups is 2. The van der Waals surface area contributed by atoms with Gasteiger partial charge < -0.3 is 16.2 Å². The van der Waals surface area contributed by atoms with Gasteiger partial charge in [0.25, 0.3) is 5.91 Å². The number of halogens is 2. The molecular formula is C16H14Cl2N2O3. The van der Waals surface area contributed by atoms with E-state index in [2.05, 4.69) is 5.32 Å². The summed E-state index contributed by atoms with van der Waals surface area (Å²) in [5, 5.41) is 12.2. The highest BCUT2D eigenvalue weighted by Gasteiger charge is 2.30. The smallest absolute Gasteiger partial charge is 0.328 e. The molecule has 120 valence electrons. The first kappa shape index (κ1) is 17.3. The van der Waals surface area contributed by atoms with E-state index in [-0.39, 0.29) is 15.6 Å². The second kappa shape index (κ2) is 6.58. The molecule has 0 saturated carbocycles. The van der Waals surface area contributed by atoms with Crippen molar-refractivity contribution in [3.63, 3.8) is 0 Å². The molecule has 0 bridgehead atoms. The van der Waals surface area contributed by atoms with Crippen molar-refractivity contribution in [2.45, 2.75) is 12.5 Å². The van der Waals surface area contributed by atoms with Crippen molar-refractivity contribution >= 4 is 40.8 Å². The van der Waals surface area contributed by atoms with Gasteiger partial charge in [-0.3, -0.25) is 4.79 Å². The number of amides is 1. The fourth-order valence-corrected chi connectivity index (χ4v) is 2.50. The maximum Gasteiger partial charge on any atom is 0.328 e. The Morgan fingerprint density at radius 1 is 1.09 bits per heavy atom. The predicted octanol–water partition coefficient (Wildman–Crippen LogP) is 3.50. The Morgan fingerprint density at radius 3 is 2.09 bits per heavy atom. The van der Waals surface area contributed by atoms with E-state index in [0.29, 0.717) is 11.3 Å². The van der Waals surface area contributed by atoms with Crippen LogP contribution in [0.1, 0.15) is 22.8 Å². The fraction of sp³-hybridized carbons (Fsp3) is 0.125. The molecule has 1 amide bonds. The van der Waals surface area contributed by atoms with Gasteiger partial charge in [-0.25, -0.2) is 4.79 Å². The zero-order valence-electron chi connectivity index (χ0n) is 12.1. The Balaban J connectivity index is 2.22. The Hall–Kier alpha value is -2.08. The molecule has 0 unspecified atom stereocenters. The maximum atomic E-state index is 12.2. The summed E-state index contributed by atoms with van der Waals surface area (Å²) in [7, 11) is 0. The summed E-state index contributed by atoms with van der Waals surface area (Å²) >= 11 is 12.0. The van der Waals surface area contributed by atoms with Crippen molar-refractivity contribution in [1.82, 2.24) is 0 Å². The van der Waals surface area contributed by atoms with Crippen molar-refractivity contribution < 1.29 is 14.7 Å². The molecular weight excluding hydrogens is 339 g/mol. The number of carbonyl (C=O) groups excluding carboxylic acids is 1. The van der Waals surface area contributed by atoms with Gasteiger partial charge in [-0.15, -0.1) is 0 Å². The van der Waals surface area contributed by atoms with Crippen LogP contribution in [0.15, 0.2) is 42.5 Å². The molecule has 0 radical (unpaired) electrons. The lowest BCUT2D eigenvalue weighted by Crippen LogP contribution is -2.41. The van der Waals surface area contributed by atoms with Crippen LogP contribution in [-0.4, -0.2) is 17.0 Å². The summed E-state index contributed by atoms with van der Waals surface area (Å²) in [6.45, 7) is 1.40. The summed E-state index contributed by atoms with van der Waals surface area (Å²) in [4.78, 5) is 23.4. The van der Waals surface area contributed by atoms with Crippen molar-refractivity contribution in [3.05, 3.63) is 63.6 Å². The summed E-state index contributed by atoms with van der Waals surface area (Å²) in [6.07, 6.45) is 0. The molecule has 5 nitrogen and oxygen atoms in total. The lowest BCUT2D eigenvalue weighted by atomic mass is 9.93. The van der Waals surface area contributed by atoms with Gasteiger partial charge in [0.1, 0.15) is 5.54 Å². The topological polar surface area (TPSA) is 92.4 Å². The molecule has 0 heterocycles. The summed E-state index contributed by atoms with van der Waals surface area (Å²) in [6, 6.07) is 11.0. The molecule has 0 aromatic heterocycles. The predicted molar refractivity (Wildman–Crippen MR) is 90.0 cm³/mol. The Bertz CT molecular complexity index is 738. The minimum Gasteiger partial charge on any atom is -0.480 e. The molecule has 0 aliphatic rings. The van der Waals surface area contributed by atoms with Crippen LogP contribution in [0.3, 0.4) is 0 Å². The number of aliphatic carboxylic acids is 1. The van der Waals surface area contributed by atoms with Crippen molar-refractivity contribution in [3.8, 4) is 0 Å². The number of rotatable bonds is 4. The highest BCUT2D eigenvalue weighted by molar-refractivity contribution is 6.40. The van der Waals surface area contributed by atoms with E-state index < -0.39 is 17.4 Å². The maximum absolute atomic E-state index is 12.2. The number of hydrogen-bond donors (Lipinski definition) is 3. The quantitative estimate of drug-likeness (QED) is 0.784.